The van der Waals surface area contributed by atoms with Gasteiger partial charge in [0.1, 0.15) is 42.5 Å². The molecule has 0 radical (unpaired) electrons. The summed E-state index contributed by atoms with van der Waals surface area (Å²) in [4.78, 5) is 12.1. The minimum atomic E-state index is -1.63. The van der Waals surface area contributed by atoms with Crippen molar-refractivity contribution in [3.63, 3.8) is 0 Å². The number of hydrogen-bond donors (Lipinski definition) is 5. The van der Waals surface area contributed by atoms with E-state index in [-0.39, 0.29) is 28.6 Å². The molecule has 10 nitrogen and oxygen atoms in total. The molecule has 0 bridgehead atoms. The van der Waals surface area contributed by atoms with Crippen molar-refractivity contribution in [3.8, 4) is 23.0 Å². The molecule has 0 saturated carbocycles. The lowest BCUT2D eigenvalue weighted by molar-refractivity contribution is -0.277. The Morgan fingerprint density at radius 2 is 1.60 bits per heavy atom. The highest BCUT2D eigenvalue weighted by atomic mass is 16.7. The van der Waals surface area contributed by atoms with Crippen LogP contribution >= 0.6 is 0 Å². The average molecular weight is 422 g/mol. The van der Waals surface area contributed by atoms with E-state index in [1.165, 1.54) is 49.6 Å². The van der Waals surface area contributed by atoms with Crippen molar-refractivity contribution in [1.29, 1.82) is 0 Å². The Balaban J connectivity index is 1.68. The maximum atomic E-state index is 12.1. The van der Waals surface area contributed by atoms with Crippen LogP contribution in [-0.4, -0.2) is 75.9 Å². The highest BCUT2D eigenvalue weighted by molar-refractivity contribution is 5.89. The molecule has 162 valence electrons. The van der Waals surface area contributed by atoms with Crippen molar-refractivity contribution in [2.75, 3.05) is 13.7 Å². The summed E-state index contributed by atoms with van der Waals surface area (Å²) in [7, 11) is 1.35. The minimum absolute atomic E-state index is 0.0145. The molecule has 1 saturated heterocycles. The number of carbonyl (C=O) groups excluding carboxylic acids is 1. The molecule has 30 heavy (non-hydrogen) atoms. The van der Waals surface area contributed by atoms with Gasteiger partial charge in [0.15, 0.2) is 11.5 Å². The van der Waals surface area contributed by atoms with Gasteiger partial charge < -0.3 is 44.5 Å². The van der Waals surface area contributed by atoms with E-state index in [1.807, 2.05) is 0 Å². The number of esters is 1. The predicted octanol–water partition coefficient (Wildman–Crippen LogP) is 0.150. The van der Waals surface area contributed by atoms with Crippen LogP contribution in [0.5, 0.6) is 23.0 Å². The first-order valence-corrected chi connectivity index (χ1v) is 8.99. The van der Waals surface area contributed by atoms with Crippen LogP contribution < -0.4 is 9.47 Å². The highest BCUT2D eigenvalue weighted by Crippen LogP contribution is 2.33. The number of carbonyl (C=O) groups is 1. The lowest BCUT2D eigenvalue weighted by Crippen LogP contribution is -2.60. The fourth-order valence-corrected chi connectivity index (χ4v) is 2.87. The molecule has 1 fully saturated rings. The Hall–Kier alpha value is -3.05. The Kier molecular flexibility index (Phi) is 6.63. The second kappa shape index (κ2) is 9.18. The Labute approximate surface area is 171 Å². The molecule has 3 rings (SSSR count). The number of hydrogen-bond acceptors (Lipinski definition) is 10. The molecule has 0 aromatic heterocycles. The van der Waals surface area contributed by atoms with Gasteiger partial charge in [0.05, 0.1) is 12.7 Å². The van der Waals surface area contributed by atoms with Gasteiger partial charge in [-0.3, -0.25) is 0 Å². The fourth-order valence-electron chi connectivity index (χ4n) is 2.87. The molecule has 0 aliphatic carbocycles. The molecule has 5 atom stereocenters. The number of methoxy groups -OCH3 is 1. The summed E-state index contributed by atoms with van der Waals surface area (Å²) in [5.74, 6) is -0.549. The van der Waals surface area contributed by atoms with Gasteiger partial charge in [-0.05, 0) is 36.4 Å². The van der Waals surface area contributed by atoms with Crippen LogP contribution in [0.25, 0.3) is 0 Å². The van der Waals surface area contributed by atoms with Gasteiger partial charge in [-0.1, -0.05) is 0 Å². The topological polar surface area (TPSA) is 155 Å². The zero-order chi connectivity index (χ0) is 21.8. The first kappa shape index (κ1) is 21.7. The quantitative estimate of drug-likeness (QED) is 0.406. The molecular formula is C20H22O10. The first-order chi connectivity index (χ1) is 14.3. The second-order valence-corrected chi connectivity index (χ2v) is 6.61. The molecule has 1 aliphatic rings. The van der Waals surface area contributed by atoms with E-state index in [4.69, 9.17) is 18.9 Å². The van der Waals surface area contributed by atoms with E-state index < -0.39 is 43.3 Å². The summed E-state index contributed by atoms with van der Waals surface area (Å²) in [5.41, 5.74) is 0.167. The molecule has 0 unspecified atom stereocenters. The van der Waals surface area contributed by atoms with Crippen LogP contribution in [0.15, 0.2) is 42.5 Å². The number of rotatable bonds is 6. The van der Waals surface area contributed by atoms with Crippen LogP contribution in [-0.2, 0) is 9.47 Å². The molecule has 2 aromatic rings. The third-order valence-corrected chi connectivity index (χ3v) is 4.54. The Bertz CT molecular complexity index is 868. The zero-order valence-electron chi connectivity index (χ0n) is 15.9. The van der Waals surface area contributed by atoms with Crippen molar-refractivity contribution in [2.45, 2.75) is 30.7 Å². The van der Waals surface area contributed by atoms with Crippen molar-refractivity contribution < 1.29 is 49.3 Å². The van der Waals surface area contributed by atoms with Gasteiger partial charge in [0.25, 0.3) is 0 Å². The largest absolute Gasteiger partial charge is 0.508 e. The van der Waals surface area contributed by atoms with Crippen LogP contribution in [0.2, 0.25) is 0 Å². The maximum absolute atomic E-state index is 12.1. The van der Waals surface area contributed by atoms with E-state index in [0.717, 1.165) is 0 Å². The van der Waals surface area contributed by atoms with Gasteiger partial charge in [-0.2, -0.15) is 0 Å². The number of aliphatic hydroxyl groups excluding tert-OH is 3. The number of phenolic OH excluding ortho intramolecular Hbond substituents is 2. The second-order valence-electron chi connectivity index (χ2n) is 6.61. The number of aromatic hydroxyl groups is 2. The fraction of sp³-hybridized carbons (Fsp3) is 0.350. The lowest BCUT2D eigenvalue weighted by Gasteiger charge is -2.40. The summed E-state index contributed by atoms with van der Waals surface area (Å²) < 4.78 is 21.3. The molecule has 5 N–H and O–H groups in total. The van der Waals surface area contributed by atoms with Crippen LogP contribution in [0, 0.1) is 0 Å². The summed E-state index contributed by atoms with van der Waals surface area (Å²) in [6.07, 6.45) is -7.40. The zero-order valence-corrected chi connectivity index (χ0v) is 15.9. The monoisotopic (exact) mass is 422 g/mol. The predicted molar refractivity (Wildman–Crippen MR) is 100 cm³/mol. The van der Waals surface area contributed by atoms with Gasteiger partial charge >= 0.3 is 5.97 Å². The van der Waals surface area contributed by atoms with Crippen molar-refractivity contribution >= 4 is 5.97 Å². The van der Waals surface area contributed by atoms with Crippen molar-refractivity contribution in [2.24, 2.45) is 0 Å². The first-order valence-electron chi connectivity index (χ1n) is 8.99. The van der Waals surface area contributed by atoms with Crippen LogP contribution in [0.1, 0.15) is 10.4 Å². The van der Waals surface area contributed by atoms with E-state index in [1.54, 1.807) is 0 Å². The van der Waals surface area contributed by atoms with Crippen LogP contribution in [0.3, 0.4) is 0 Å². The van der Waals surface area contributed by atoms with E-state index in [0.29, 0.717) is 0 Å². The minimum Gasteiger partial charge on any atom is -0.508 e. The van der Waals surface area contributed by atoms with Gasteiger partial charge in [-0.25, -0.2) is 4.79 Å². The van der Waals surface area contributed by atoms with Gasteiger partial charge in [0.2, 0.25) is 6.29 Å². The summed E-state index contributed by atoms with van der Waals surface area (Å²) in [6, 6.07) is 9.34. The number of aliphatic hydroxyl groups is 3. The van der Waals surface area contributed by atoms with E-state index in [2.05, 4.69) is 0 Å². The third kappa shape index (κ3) is 4.74. The Morgan fingerprint density at radius 3 is 2.27 bits per heavy atom. The molecular weight excluding hydrogens is 400 g/mol. The molecule has 1 aliphatic heterocycles. The highest BCUT2D eigenvalue weighted by Gasteiger charge is 2.45. The summed E-state index contributed by atoms with van der Waals surface area (Å²) in [5, 5.41) is 49.3. The number of phenols is 2. The molecule has 10 heteroatoms. The van der Waals surface area contributed by atoms with E-state index >= 15 is 0 Å². The third-order valence-electron chi connectivity index (χ3n) is 4.54. The summed E-state index contributed by atoms with van der Waals surface area (Å²) >= 11 is 0. The average Bonchev–Trinajstić information content (AvgIpc) is 2.74. The number of benzene rings is 2. The van der Waals surface area contributed by atoms with Crippen molar-refractivity contribution in [1.82, 2.24) is 0 Å². The lowest BCUT2D eigenvalue weighted by atomic mass is 9.99. The SMILES string of the molecule is COc1cc(O)ccc1O[C@@H]1O[C@H](COC(=O)c2ccc(O)cc2)[C@@H](O)[C@H](O)[C@H]1O. The van der Waals surface area contributed by atoms with Gasteiger partial charge in [-0.15, -0.1) is 0 Å². The maximum Gasteiger partial charge on any atom is 0.338 e. The molecule has 0 spiro atoms. The number of ether oxygens (including phenoxy) is 4. The van der Waals surface area contributed by atoms with Gasteiger partial charge in [0, 0.05) is 6.07 Å². The smallest absolute Gasteiger partial charge is 0.338 e. The Morgan fingerprint density at radius 1 is 0.933 bits per heavy atom. The standard InChI is InChI=1S/C20H22O10/c1-27-14-8-12(22)6-7-13(14)29-20-18(25)17(24)16(23)15(30-20)9-28-19(26)10-2-4-11(21)5-3-10/h2-8,15-18,20-25H,9H2,1H3/t15-,16-,17+,18-,20-/m1/s1. The molecule has 0 amide bonds. The van der Waals surface area contributed by atoms with Crippen molar-refractivity contribution in [3.05, 3.63) is 48.0 Å². The normalized spacial score (nSPS) is 26.1. The summed E-state index contributed by atoms with van der Waals surface area (Å²) in [6.45, 7) is -0.433. The van der Waals surface area contributed by atoms with E-state index in [9.17, 15) is 30.3 Å². The van der Waals surface area contributed by atoms with Crippen LogP contribution in [0.4, 0.5) is 0 Å². The molecule has 2 aromatic carbocycles. The molecule has 1 heterocycles.